The van der Waals surface area contributed by atoms with E-state index >= 15 is 0 Å². The molecule has 18 heavy (non-hydrogen) atoms. The highest BCUT2D eigenvalue weighted by molar-refractivity contribution is 5.85. The Balaban J connectivity index is 2.35. The van der Waals surface area contributed by atoms with Crippen molar-refractivity contribution in [2.45, 2.75) is 0 Å². The molecule has 0 aliphatic carbocycles. The number of hydrogen-bond donors (Lipinski definition) is 0. The molecule has 3 rings (SSSR count). The summed E-state index contributed by atoms with van der Waals surface area (Å²) in [4.78, 5) is 10.6. The molecular formula is C12H8N4O2. The summed E-state index contributed by atoms with van der Waals surface area (Å²) >= 11 is 0. The lowest BCUT2D eigenvalue weighted by atomic mass is 10.2. The van der Waals surface area contributed by atoms with Crippen LogP contribution in [-0.2, 0) is 0 Å². The van der Waals surface area contributed by atoms with E-state index in [1.807, 2.05) is 30.3 Å². The first-order chi connectivity index (χ1) is 8.77. The van der Waals surface area contributed by atoms with Crippen molar-refractivity contribution in [1.82, 2.24) is 15.0 Å². The lowest BCUT2D eigenvalue weighted by molar-refractivity contribution is -0.383. The molecule has 0 saturated heterocycles. The molecule has 1 heterocycles. The standard InChI is InChI=1S/C12H8N4O2/c17-16(18)11-8-4-7-10-12(11)15(14-13-10)9-5-2-1-3-6-9/h1-8H. The third-order valence-electron chi connectivity index (χ3n) is 2.64. The van der Waals surface area contributed by atoms with Crippen LogP contribution in [0.5, 0.6) is 0 Å². The van der Waals surface area contributed by atoms with Crippen molar-refractivity contribution in [2.24, 2.45) is 0 Å². The van der Waals surface area contributed by atoms with Gasteiger partial charge in [-0.25, -0.2) is 4.68 Å². The van der Waals surface area contributed by atoms with Crippen LogP contribution in [0.2, 0.25) is 0 Å². The molecule has 0 aliphatic heterocycles. The monoisotopic (exact) mass is 240 g/mol. The van der Waals surface area contributed by atoms with Gasteiger partial charge in [0.15, 0.2) is 5.52 Å². The molecule has 3 aromatic rings. The fourth-order valence-corrected chi connectivity index (χ4v) is 1.85. The Labute approximate surface area is 102 Å². The first-order valence-corrected chi connectivity index (χ1v) is 5.31. The van der Waals surface area contributed by atoms with Gasteiger partial charge < -0.3 is 0 Å². The van der Waals surface area contributed by atoms with Crippen LogP contribution < -0.4 is 0 Å². The Hall–Kier alpha value is -2.76. The summed E-state index contributed by atoms with van der Waals surface area (Å²) in [5, 5.41) is 19.0. The van der Waals surface area contributed by atoms with Gasteiger partial charge in [0, 0.05) is 6.07 Å². The Morgan fingerprint density at radius 1 is 1.06 bits per heavy atom. The van der Waals surface area contributed by atoms with Crippen molar-refractivity contribution in [2.75, 3.05) is 0 Å². The zero-order valence-electron chi connectivity index (χ0n) is 9.22. The number of hydrogen-bond acceptors (Lipinski definition) is 4. The van der Waals surface area contributed by atoms with E-state index in [2.05, 4.69) is 10.3 Å². The minimum Gasteiger partial charge on any atom is -0.258 e. The topological polar surface area (TPSA) is 73.8 Å². The van der Waals surface area contributed by atoms with Crippen molar-refractivity contribution in [1.29, 1.82) is 0 Å². The molecule has 0 amide bonds. The highest BCUT2D eigenvalue weighted by Crippen LogP contribution is 2.25. The number of nitro benzene ring substituents is 1. The van der Waals surface area contributed by atoms with Crippen LogP contribution in [0.25, 0.3) is 16.7 Å². The van der Waals surface area contributed by atoms with Crippen LogP contribution in [0.4, 0.5) is 5.69 Å². The van der Waals surface area contributed by atoms with Crippen molar-refractivity contribution in [3.05, 3.63) is 58.6 Å². The van der Waals surface area contributed by atoms with Crippen LogP contribution in [-0.4, -0.2) is 19.9 Å². The Kier molecular flexibility index (Phi) is 2.26. The average Bonchev–Trinajstić information content (AvgIpc) is 2.83. The van der Waals surface area contributed by atoms with E-state index in [1.165, 1.54) is 10.7 Å². The molecule has 0 atom stereocenters. The molecule has 2 aromatic carbocycles. The Morgan fingerprint density at radius 2 is 1.83 bits per heavy atom. The first-order valence-electron chi connectivity index (χ1n) is 5.31. The normalized spacial score (nSPS) is 10.7. The second-order valence-electron chi connectivity index (χ2n) is 3.74. The van der Waals surface area contributed by atoms with Gasteiger partial charge in [-0.1, -0.05) is 29.5 Å². The van der Waals surface area contributed by atoms with Gasteiger partial charge in [0.05, 0.1) is 10.6 Å². The molecule has 0 N–H and O–H groups in total. The molecule has 0 unspecified atom stereocenters. The number of fused-ring (bicyclic) bond motifs is 1. The molecule has 88 valence electrons. The number of aromatic nitrogens is 3. The van der Waals surface area contributed by atoms with E-state index in [1.54, 1.807) is 12.1 Å². The predicted molar refractivity (Wildman–Crippen MR) is 65.5 cm³/mol. The fourth-order valence-electron chi connectivity index (χ4n) is 1.85. The highest BCUT2D eigenvalue weighted by Gasteiger charge is 2.18. The van der Waals surface area contributed by atoms with Crippen LogP contribution in [0.3, 0.4) is 0 Å². The van der Waals surface area contributed by atoms with Gasteiger partial charge in [-0.15, -0.1) is 5.10 Å². The summed E-state index contributed by atoms with van der Waals surface area (Å²) < 4.78 is 1.48. The zero-order valence-corrected chi connectivity index (χ0v) is 9.22. The molecule has 0 saturated carbocycles. The fraction of sp³-hybridized carbons (Fsp3) is 0. The third kappa shape index (κ3) is 1.51. The van der Waals surface area contributed by atoms with Crippen molar-refractivity contribution in [3.63, 3.8) is 0 Å². The van der Waals surface area contributed by atoms with Crippen LogP contribution in [0.1, 0.15) is 0 Å². The summed E-state index contributed by atoms with van der Waals surface area (Å²) in [6, 6.07) is 14.0. The number of rotatable bonds is 2. The van der Waals surface area contributed by atoms with E-state index in [0.29, 0.717) is 11.0 Å². The molecular weight excluding hydrogens is 232 g/mol. The maximum absolute atomic E-state index is 11.0. The number of benzene rings is 2. The second-order valence-corrected chi connectivity index (χ2v) is 3.74. The summed E-state index contributed by atoms with van der Waals surface area (Å²) in [6.07, 6.45) is 0. The molecule has 6 heteroatoms. The molecule has 0 fully saturated rings. The SMILES string of the molecule is O=[N+]([O-])c1cccc2nnn(-c3ccccc3)c12. The molecule has 0 aliphatic rings. The summed E-state index contributed by atoms with van der Waals surface area (Å²) in [5.74, 6) is 0. The van der Waals surface area contributed by atoms with Crippen LogP contribution in [0.15, 0.2) is 48.5 Å². The minimum atomic E-state index is -0.425. The maximum Gasteiger partial charge on any atom is 0.297 e. The largest absolute Gasteiger partial charge is 0.297 e. The van der Waals surface area contributed by atoms with Crippen molar-refractivity contribution in [3.8, 4) is 5.69 Å². The minimum absolute atomic E-state index is 0.00125. The van der Waals surface area contributed by atoms with Crippen LogP contribution >= 0.6 is 0 Å². The van der Waals surface area contributed by atoms with E-state index < -0.39 is 4.92 Å². The molecule has 0 radical (unpaired) electrons. The molecule has 1 aromatic heterocycles. The highest BCUT2D eigenvalue weighted by atomic mass is 16.6. The van der Waals surface area contributed by atoms with E-state index in [-0.39, 0.29) is 5.69 Å². The van der Waals surface area contributed by atoms with E-state index in [0.717, 1.165) is 5.69 Å². The Morgan fingerprint density at radius 3 is 2.56 bits per heavy atom. The molecule has 6 nitrogen and oxygen atoms in total. The first kappa shape index (κ1) is 10.4. The van der Waals surface area contributed by atoms with E-state index in [4.69, 9.17) is 0 Å². The predicted octanol–water partition coefficient (Wildman–Crippen LogP) is 2.33. The summed E-state index contributed by atoms with van der Waals surface area (Å²) in [7, 11) is 0. The van der Waals surface area contributed by atoms with Gasteiger partial charge in [-0.2, -0.15) is 0 Å². The second kappa shape index (κ2) is 3.92. The maximum atomic E-state index is 11.0. The summed E-state index contributed by atoms with van der Waals surface area (Å²) in [5.41, 5.74) is 1.66. The lowest BCUT2D eigenvalue weighted by Gasteiger charge is -2.01. The van der Waals surface area contributed by atoms with Crippen molar-refractivity contribution >= 4 is 16.7 Å². The zero-order chi connectivity index (χ0) is 12.5. The summed E-state index contributed by atoms with van der Waals surface area (Å²) in [6.45, 7) is 0. The van der Waals surface area contributed by atoms with E-state index in [9.17, 15) is 10.1 Å². The van der Waals surface area contributed by atoms with Gasteiger partial charge in [0.1, 0.15) is 5.52 Å². The molecule has 0 spiro atoms. The number of non-ortho nitro benzene ring substituents is 1. The number of para-hydroxylation sites is 2. The van der Waals surface area contributed by atoms with Gasteiger partial charge in [0.2, 0.25) is 0 Å². The van der Waals surface area contributed by atoms with Crippen molar-refractivity contribution < 1.29 is 4.92 Å². The quantitative estimate of drug-likeness (QED) is 0.509. The van der Waals surface area contributed by atoms with Crippen LogP contribution in [0, 0.1) is 10.1 Å². The Bertz CT molecular complexity index is 721. The van der Waals surface area contributed by atoms with Gasteiger partial charge in [-0.3, -0.25) is 10.1 Å². The van der Waals surface area contributed by atoms with Gasteiger partial charge >= 0.3 is 0 Å². The lowest BCUT2D eigenvalue weighted by Crippen LogP contribution is -1.99. The third-order valence-corrected chi connectivity index (χ3v) is 2.64. The van der Waals surface area contributed by atoms with Gasteiger partial charge in [-0.05, 0) is 18.2 Å². The smallest absolute Gasteiger partial charge is 0.258 e. The average molecular weight is 240 g/mol. The van der Waals surface area contributed by atoms with Gasteiger partial charge in [0.25, 0.3) is 5.69 Å². The molecule has 0 bridgehead atoms. The number of nitro groups is 1. The number of nitrogens with zero attached hydrogens (tertiary/aromatic N) is 4.